The van der Waals surface area contributed by atoms with E-state index >= 15 is 0 Å². The summed E-state index contributed by atoms with van der Waals surface area (Å²) in [5.74, 6) is 0.237. The highest BCUT2D eigenvalue weighted by Gasteiger charge is 2.27. The largest absolute Gasteiger partial charge is 0.337 e. The molecule has 2 aromatic heterocycles. The Kier molecular flexibility index (Phi) is 5.91. The van der Waals surface area contributed by atoms with E-state index in [0.29, 0.717) is 12.2 Å². The molecule has 0 saturated carbocycles. The number of benzene rings is 1. The van der Waals surface area contributed by atoms with Crippen LogP contribution in [-0.2, 0) is 6.42 Å². The smallest absolute Gasteiger partial charge is 0.272 e. The number of hydrogen-bond donors (Lipinski definition) is 0. The molecule has 29 heavy (non-hydrogen) atoms. The van der Waals surface area contributed by atoms with Gasteiger partial charge in [0, 0.05) is 41.6 Å². The van der Waals surface area contributed by atoms with Gasteiger partial charge in [0.2, 0.25) is 0 Å². The quantitative estimate of drug-likeness (QED) is 0.610. The van der Waals surface area contributed by atoms with Gasteiger partial charge >= 0.3 is 0 Å². The second kappa shape index (κ2) is 8.75. The van der Waals surface area contributed by atoms with Crippen molar-refractivity contribution >= 4 is 17.5 Å². The fourth-order valence-electron chi connectivity index (χ4n) is 4.00. The molecule has 1 fully saturated rings. The van der Waals surface area contributed by atoms with E-state index in [1.165, 1.54) is 5.56 Å². The van der Waals surface area contributed by atoms with Crippen LogP contribution >= 0.6 is 11.6 Å². The van der Waals surface area contributed by atoms with Gasteiger partial charge in [0.15, 0.2) is 0 Å². The first kappa shape index (κ1) is 19.6. The van der Waals surface area contributed by atoms with Crippen molar-refractivity contribution in [2.45, 2.75) is 32.1 Å². The lowest BCUT2D eigenvalue weighted by Crippen LogP contribution is -2.39. The Morgan fingerprint density at radius 1 is 1.17 bits per heavy atom. The first-order valence-corrected chi connectivity index (χ1v) is 10.4. The second-order valence-corrected chi connectivity index (χ2v) is 8.02. The standard InChI is InChI=1S/C24H24ClN3O/c1-17-13-18(14-19-7-2-3-9-21(19)25)15-23(27-17)20-8-6-12-28(16-20)24(29)22-10-4-5-11-26-22/h2-5,7,9-11,13,15,20H,6,8,12,14,16H2,1H3. The van der Waals surface area contributed by atoms with Gasteiger partial charge in [-0.2, -0.15) is 0 Å². The van der Waals surface area contributed by atoms with E-state index in [1.807, 2.05) is 42.2 Å². The zero-order valence-corrected chi connectivity index (χ0v) is 17.3. The van der Waals surface area contributed by atoms with Crippen LogP contribution in [0.2, 0.25) is 5.02 Å². The number of piperidine rings is 1. The molecule has 0 radical (unpaired) electrons. The van der Waals surface area contributed by atoms with Crippen LogP contribution in [0.1, 0.15) is 51.8 Å². The molecule has 1 amide bonds. The van der Waals surface area contributed by atoms with Crippen LogP contribution in [0.4, 0.5) is 0 Å². The number of rotatable bonds is 4. The van der Waals surface area contributed by atoms with Crippen LogP contribution in [-0.4, -0.2) is 33.9 Å². The molecule has 1 saturated heterocycles. The van der Waals surface area contributed by atoms with Crippen molar-refractivity contribution in [3.63, 3.8) is 0 Å². The van der Waals surface area contributed by atoms with Crippen LogP contribution < -0.4 is 0 Å². The number of likely N-dealkylation sites (tertiary alicyclic amines) is 1. The summed E-state index contributed by atoms with van der Waals surface area (Å²) in [5.41, 5.74) is 4.88. The van der Waals surface area contributed by atoms with Gasteiger partial charge in [-0.15, -0.1) is 0 Å². The van der Waals surface area contributed by atoms with E-state index in [4.69, 9.17) is 16.6 Å². The number of carbonyl (C=O) groups excluding carboxylic acids is 1. The van der Waals surface area contributed by atoms with E-state index in [9.17, 15) is 4.79 Å². The van der Waals surface area contributed by atoms with E-state index in [2.05, 4.69) is 23.2 Å². The summed E-state index contributed by atoms with van der Waals surface area (Å²) in [5, 5.41) is 0.785. The van der Waals surface area contributed by atoms with Gasteiger partial charge in [-0.25, -0.2) is 0 Å². The lowest BCUT2D eigenvalue weighted by molar-refractivity contribution is 0.0700. The van der Waals surface area contributed by atoms with Gasteiger partial charge in [0.25, 0.3) is 5.91 Å². The predicted octanol–water partition coefficient (Wildman–Crippen LogP) is 5.05. The molecule has 1 aliphatic rings. The highest BCUT2D eigenvalue weighted by atomic mass is 35.5. The first-order chi connectivity index (χ1) is 14.1. The average Bonchev–Trinajstić information content (AvgIpc) is 2.75. The minimum absolute atomic E-state index is 0.000700. The van der Waals surface area contributed by atoms with Gasteiger partial charge in [-0.1, -0.05) is 35.9 Å². The minimum atomic E-state index is -0.000700. The number of aromatic nitrogens is 2. The maximum Gasteiger partial charge on any atom is 0.272 e. The van der Waals surface area contributed by atoms with Crippen LogP contribution in [0, 0.1) is 6.92 Å². The highest BCUT2D eigenvalue weighted by Crippen LogP contribution is 2.28. The maximum absolute atomic E-state index is 12.8. The number of nitrogens with zero attached hydrogens (tertiary/aromatic N) is 3. The summed E-state index contributed by atoms with van der Waals surface area (Å²) in [6.45, 7) is 3.47. The van der Waals surface area contributed by atoms with Gasteiger partial charge in [-0.05, 0) is 67.6 Å². The van der Waals surface area contributed by atoms with Crippen molar-refractivity contribution in [2.24, 2.45) is 0 Å². The molecular formula is C24H24ClN3O. The topological polar surface area (TPSA) is 46.1 Å². The monoisotopic (exact) mass is 405 g/mol. The fraction of sp³-hybridized carbons (Fsp3) is 0.292. The summed E-state index contributed by atoms with van der Waals surface area (Å²) in [4.78, 5) is 23.7. The predicted molar refractivity (Wildman–Crippen MR) is 115 cm³/mol. The zero-order chi connectivity index (χ0) is 20.2. The lowest BCUT2D eigenvalue weighted by atomic mass is 9.92. The molecule has 1 aliphatic heterocycles. The summed E-state index contributed by atoms with van der Waals surface area (Å²) in [6, 6.07) is 17.7. The Balaban J connectivity index is 1.54. The van der Waals surface area contributed by atoms with Crippen molar-refractivity contribution in [3.05, 3.63) is 94.0 Å². The number of carbonyl (C=O) groups is 1. The molecule has 3 heterocycles. The molecule has 148 valence electrons. The van der Waals surface area contributed by atoms with E-state index in [0.717, 1.165) is 47.8 Å². The Bertz CT molecular complexity index is 1010. The third-order valence-corrected chi connectivity index (χ3v) is 5.77. The molecule has 0 N–H and O–H groups in total. The number of pyridine rings is 2. The highest BCUT2D eigenvalue weighted by molar-refractivity contribution is 6.31. The lowest BCUT2D eigenvalue weighted by Gasteiger charge is -2.32. The molecule has 1 aromatic carbocycles. The van der Waals surface area contributed by atoms with Crippen molar-refractivity contribution < 1.29 is 4.79 Å². The number of aryl methyl sites for hydroxylation is 1. The summed E-state index contributed by atoms with van der Waals surface area (Å²) in [7, 11) is 0. The Labute approximate surface area is 176 Å². The van der Waals surface area contributed by atoms with Gasteiger partial charge in [-0.3, -0.25) is 14.8 Å². The van der Waals surface area contributed by atoms with Gasteiger partial charge in [0.1, 0.15) is 5.69 Å². The third-order valence-electron chi connectivity index (χ3n) is 5.40. The zero-order valence-electron chi connectivity index (χ0n) is 16.5. The molecule has 0 bridgehead atoms. The van der Waals surface area contributed by atoms with Gasteiger partial charge < -0.3 is 4.90 Å². The Morgan fingerprint density at radius 2 is 2.00 bits per heavy atom. The number of halogens is 1. The molecule has 1 unspecified atom stereocenters. The summed E-state index contributed by atoms with van der Waals surface area (Å²) in [6.07, 6.45) is 4.45. The Morgan fingerprint density at radius 3 is 2.79 bits per heavy atom. The third kappa shape index (κ3) is 4.65. The molecule has 0 aliphatic carbocycles. The van der Waals surface area contributed by atoms with Crippen LogP contribution in [0.25, 0.3) is 0 Å². The minimum Gasteiger partial charge on any atom is -0.337 e. The SMILES string of the molecule is Cc1cc(Cc2ccccc2Cl)cc(C2CCCN(C(=O)c3ccccn3)C2)n1. The van der Waals surface area contributed by atoms with Crippen LogP contribution in [0.15, 0.2) is 60.8 Å². The molecule has 1 atom stereocenters. The van der Waals surface area contributed by atoms with E-state index in [-0.39, 0.29) is 11.8 Å². The maximum atomic E-state index is 12.8. The van der Waals surface area contributed by atoms with Crippen LogP contribution in [0.5, 0.6) is 0 Å². The average molecular weight is 406 g/mol. The molecular weight excluding hydrogens is 382 g/mol. The molecule has 4 nitrogen and oxygen atoms in total. The van der Waals surface area contributed by atoms with Crippen molar-refractivity contribution in [1.82, 2.24) is 14.9 Å². The molecule has 0 spiro atoms. The molecule has 5 heteroatoms. The Hall–Kier alpha value is -2.72. The fourth-order valence-corrected chi connectivity index (χ4v) is 4.20. The second-order valence-electron chi connectivity index (χ2n) is 7.62. The summed E-state index contributed by atoms with van der Waals surface area (Å²) < 4.78 is 0. The van der Waals surface area contributed by atoms with Crippen molar-refractivity contribution in [2.75, 3.05) is 13.1 Å². The molecule has 3 aromatic rings. The molecule has 4 rings (SSSR count). The van der Waals surface area contributed by atoms with E-state index in [1.54, 1.807) is 12.3 Å². The summed E-state index contributed by atoms with van der Waals surface area (Å²) >= 11 is 6.35. The normalized spacial score (nSPS) is 16.6. The first-order valence-electron chi connectivity index (χ1n) is 10.0. The van der Waals surface area contributed by atoms with Crippen molar-refractivity contribution in [3.8, 4) is 0 Å². The van der Waals surface area contributed by atoms with Crippen LogP contribution in [0.3, 0.4) is 0 Å². The van der Waals surface area contributed by atoms with Gasteiger partial charge in [0.05, 0.1) is 0 Å². The van der Waals surface area contributed by atoms with E-state index < -0.39 is 0 Å². The van der Waals surface area contributed by atoms with Crippen molar-refractivity contribution in [1.29, 1.82) is 0 Å². The number of hydrogen-bond acceptors (Lipinski definition) is 3. The number of amides is 1.